The van der Waals surface area contributed by atoms with Crippen LogP contribution in [-0.4, -0.2) is 12.1 Å². The highest BCUT2D eigenvalue weighted by Crippen LogP contribution is 2.33. The molecule has 0 aromatic rings. The molecule has 1 heteroatoms. The molecule has 0 bridgehead atoms. The third-order valence-electron chi connectivity index (χ3n) is 3.39. The van der Waals surface area contributed by atoms with Crippen molar-refractivity contribution in [1.29, 1.82) is 0 Å². The van der Waals surface area contributed by atoms with E-state index in [1.54, 1.807) is 0 Å². The minimum Gasteiger partial charge on any atom is -0.311 e. The van der Waals surface area contributed by atoms with Gasteiger partial charge in [0.15, 0.2) is 0 Å². The summed E-state index contributed by atoms with van der Waals surface area (Å²) in [4.78, 5) is 0. The molecule has 2 rings (SSSR count). The Balaban J connectivity index is 1.97. The molecule has 0 radical (unpaired) electrons. The van der Waals surface area contributed by atoms with Gasteiger partial charge >= 0.3 is 0 Å². The monoisotopic (exact) mass is 153 g/mol. The molecule has 0 unspecified atom stereocenters. The summed E-state index contributed by atoms with van der Waals surface area (Å²) >= 11 is 0. The van der Waals surface area contributed by atoms with Crippen LogP contribution in [0.15, 0.2) is 0 Å². The number of hydrogen-bond donors (Lipinski definition) is 1. The maximum absolute atomic E-state index is 3.71. The fourth-order valence-electron chi connectivity index (χ4n) is 2.70. The molecule has 0 aromatic heterocycles. The SMILES string of the molecule is C1CCCC2(CC1)CCCN2. The Labute approximate surface area is 69.6 Å². The Morgan fingerprint density at radius 2 is 1.36 bits per heavy atom. The van der Waals surface area contributed by atoms with Gasteiger partial charge in [0.25, 0.3) is 0 Å². The molecule has 0 aromatic carbocycles. The Morgan fingerprint density at radius 3 is 1.91 bits per heavy atom. The first-order chi connectivity index (χ1) is 5.41. The maximum Gasteiger partial charge on any atom is 0.0182 e. The lowest BCUT2D eigenvalue weighted by molar-refractivity contribution is 0.329. The topological polar surface area (TPSA) is 12.0 Å². The van der Waals surface area contributed by atoms with E-state index in [9.17, 15) is 0 Å². The van der Waals surface area contributed by atoms with Crippen molar-refractivity contribution in [3.05, 3.63) is 0 Å². The summed E-state index contributed by atoms with van der Waals surface area (Å²) in [6, 6.07) is 0. The molecule has 0 amide bonds. The van der Waals surface area contributed by atoms with Crippen molar-refractivity contribution in [3.63, 3.8) is 0 Å². The summed E-state index contributed by atoms with van der Waals surface area (Å²) in [5.41, 5.74) is 0.608. The third kappa shape index (κ3) is 1.58. The zero-order valence-electron chi connectivity index (χ0n) is 7.36. The Kier molecular flexibility index (Phi) is 2.17. The molecule has 1 aliphatic heterocycles. The Bertz CT molecular complexity index is 115. The second-order valence-corrected chi connectivity index (χ2v) is 4.22. The van der Waals surface area contributed by atoms with Gasteiger partial charge in [-0.2, -0.15) is 0 Å². The van der Waals surface area contributed by atoms with E-state index in [-0.39, 0.29) is 0 Å². The molecular formula is C10H19N. The van der Waals surface area contributed by atoms with Gasteiger partial charge in [0.05, 0.1) is 0 Å². The first-order valence-electron chi connectivity index (χ1n) is 5.16. The zero-order valence-corrected chi connectivity index (χ0v) is 7.36. The van der Waals surface area contributed by atoms with Gasteiger partial charge in [0, 0.05) is 5.54 Å². The van der Waals surface area contributed by atoms with Crippen molar-refractivity contribution < 1.29 is 0 Å². The minimum atomic E-state index is 0.608. The highest BCUT2D eigenvalue weighted by atomic mass is 15.0. The van der Waals surface area contributed by atoms with Gasteiger partial charge in [-0.25, -0.2) is 0 Å². The van der Waals surface area contributed by atoms with Crippen LogP contribution in [0.4, 0.5) is 0 Å². The molecule has 64 valence electrons. The van der Waals surface area contributed by atoms with Crippen LogP contribution in [0.3, 0.4) is 0 Å². The van der Waals surface area contributed by atoms with Crippen molar-refractivity contribution in [2.45, 2.75) is 56.9 Å². The van der Waals surface area contributed by atoms with Gasteiger partial charge < -0.3 is 5.32 Å². The summed E-state index contributed by atoms with van der Waals surface area (Å²) in [6.07, 6.45) is 11.7. The summed E-state index contributed by atoms with van der Waals surface area (Å²) < 4.78 is 0. The fraction of sp³-hybridized carbons (Fsp3) is 1.00. The molecule has 1 heterocycles. The molecule has 1 saturated carbocycles. The quantitative estimate of drug-likeness (QED) is 0.563. The van der Waals surface area contributed by atoms with E-state index in [0.29, 0.717) is 5.54 Å². The Morgan fingerprint density at radius 1 is 0.727 bits per heavy atom. The van der Waals surface area contributed by atoms with Gasteiger partial charge in [0.2, 0.25) is 0 Å². The van der Waals surface area contributed by atoms with Gasteiger partial charge in [-0.3, -0.25) is 0 Å². The average molecular weight is 153 g/mol. The molecule has 1 aliphatic carbocycles. The molecule has 2 aliphatic rings. The van der Waals surface area contributed by atoms with Gasteiger partial charge in [-0.1, -0.05) is 25.7 Å². The first-order valence-corrected chi connectivity index (χ1v) is 5.16. The molecule has 0 atom stereocenters. The van der Waals surface area contributed by atoms with Crippen molar-refractivity contribution in [3.8, 4) is 0 Å². The van der Waals surface area contributed by atoms with E-state index in [1.807, 2.05) is 0 Å². The Hall–Kier alpha value is -0.0400. The zero-order chi connectivity index (χ0) is 7.57. The van der Waals surface area contributed by atoms with Gasteiger partial charge in [-0.15, -0.1) is 0 Å². The van der Waals surface area contributed by atoms with Gasteiger partial charge in [-0.05, 0) is 32.2 Å². The van der Waals surface area contributed by atoms with E-state index in [2.05, 4.69) is 5.32 Å². The molecule has 1 N–H and O–H groups in total. The van der Waals surface area contributed by atoms with Crippen molar-refractivity contribution in [2.24, 2.45) is 0 Å². The summed E-state index contributed by atoms with van der Waals surface area (Å²) in [6.45, 7) is 1.28. The smallest absolute Gasteiger partial charge is 0.0182 e. The lowest BCUT2D eigenvalue weighted by Gasteiger charge is -2.27. The van der Waals surface area contributed by atoms with Crippen LogP contribution in [0.25, 0.3) is 0 Å². The van der Waals surface area contributed by atoms with E-state index in [1.165, 1.54) is 57.9 Å². The van der Waals surface area contributed by atoms with Crippen LogP contribution in [-0.2, 0) is 0 Å². The summed E-state index contributed by atoms with van der Waals surface area (Å²) in [5, 5.41) is 3.71. The molecule has 11 heavy (non-hydrogen) atoms. The van der Waals surface area contributed by atoms with E-state index in [4.69, 9.17) is 0 Å². The second-order valence-electron chi connectivity index (χ2n) is 4.22. The standard InChI is InChI=1S/C10H19N/c1-2-4-7-10(6-3-1)8-5-9-11-10/h11H,1-9H2. The second kappa shape index (κ2) is 3.14. The van der Waals surface area contributed by atoms with Crippen LogP contribution in [0, 0.1) is 0 Å². The van der Waals surface area contributed by atoms with Crippen molar-refractivity contribution in [2.75, 3.05) is 6.54 Å². The fourth-order valence-corrected chi connectivity index (χ4v) is 2.70. The molecule has 2 fully saturated rings. The average Bonchev–Trinajstić information content (AvgIpc) is 2.32. The van der Waals surface area contributed by atoms with Crippen LogP contribution in [0.2, 0.25) is 0 Å². The molecule has 1 nitrogen and oxygen atoms in total. The summed E-state index contributed by atoms with van der Waals surface area (Å²) in [5.74, 6) is 0. The number of rotatable bonds is 0. The van der Waals surface area contributed by atoms with E-state index in [0.717, 1.165) is 0 Å². The van der Waals surface area contributed by atoms with Crippen molar-refractivity contribution in [1.82, 2.24) is 5.32 Å². The number of nitrogens with one attached hydrogen (secondary N) is 1. The first kappa shape index (κ1) is 7.60. The molecular weight excluding hydrogens is 134 g/mol. The lowest BCUT2D eigenvalue weighted by Crippen LogP contribution is -2.38. The summed E-state index contributed by atoms with van der Waals surface area (Å²) in [7, 11) is 0. The molecule has 1 saturated heterocycles. The normalized spacial score (nSPS) is 30.5. The number of hydrogen-bond acceptors (Lipinski definition) is 1. The minimum absolute atomic E-state index is 0.608. The van der Waals surface area contributed by atoms with E-state index < -0.39 is 0 Å². The predicted molar refractivity (Wildman–Crippen MR) is 47.7 cm³/mol. The van der Waals surface area contributed by atoms with Crippen LogP contribution < -0.4 is 5.32 Å². The van der Waals surface area contributed by atoms with Crippen LogP contribution in [0.1, 0.15) is 51.4 Å². The third-order valence-corrected chi connectivity index (χ3v) is 3.39. The molecule has 1 spiro atoms. The van der Waals surface area contributed by atoms with Gasteiger partial charge in [0.1, 0.15) is 0 Å². The highest BCUT2D eigenvalue weighted by Gasteiger charge is 2.32. The highest BCUT2D eigenvalue weighted by molar-refractivity contribution is 4.93. The maximum atomic E-state index is 3.71. The predicted octanol–water partition coefficient (Wildman–Crippen LogP) is 2.46. The van der Waals surface area contributed by atoms with E-state index >= 15 is 0 Å². The lowest BCUT2D eigenvalue weighted by atomic mass is 9.89. The van der Waals surface area contributed by atoms with Crippen LogP contribution >= 0.6 is 0 Å². The van der Waals surface area contributed by atoms with Crippen LogP contribution in [0.5, 0.6) is 0 Å². The largest absolute Gasteiger partial charge is 0.311 e. The van der Waals surface area contributed by atoms with Crippen molar-refractivity contribution >= 4 is 0 Å².